The molecule has 0 spiro atoms. The molecule has 92 valence electrons. The molecule has 2 aromatic rings. The van der Waals surface area contributed by atoms with Crippen molar-refractivity contribution in [2.24, 2.45) is 24.4 Å². The van der Waals surface area contributed by atoms with Crippen LogP contribution in [0.3, 0.4) is 0 Å². The van der Waals surface area contributed by atoms with E-state index in [1.54, 1.807) is 0 Å². The second kappa shape index (κ2) is 4.85. The van der Waals surface area contributed by atoms with Gasteiger partial charge in [0.1, 0.15) is 0 Å². The van der Waals surface area contributed by atoms with Gasteiger partial charge in [-0.25, -0.2) is 4.98 Å². The third-order valence-electron chi connectivity index (χ3n) is 3.37. The summed E-state index contributed by atoms with van der Waals surface area (Å²) in [5.41, 5.74) is 15.1. The number of nitrogens with zero attached hydrogens (tertiary/aromatic N) is 2. The minimum atomic E-state index is 0.0324. The first kappa shape index (κ1) is 12.1. The maximum absolute atomic E-state index is 6.23. The maximum atomic E-state index is 6.23. The summed E-state index contributed by atoms with van der Waals surface area (Å²) in [6, 6.07) is 6.27. The van der Waals surface area contributed by atoms with Crippen molar-refractivity contribution in [2.45, 2.75) is 19.4 Å². The Hall–Kier alpha value is -1.39. The topological polar surface area (TPSA) is 69.9 Å². The smallest absolute Gasteiger partial charge is 0.0955 e. The number of fused-ring (bicyclic) bond motifs is 1. The van der Waals surface area contributed by atoms with Crippen LogP contribution in [0.5, 0.6) is 0 Å². The highest BCUT2D eigenvalue weighted by Crippen LogP contribution is 2.24. The van der Waals surface area contributed by atoms with E-state index in [0.717, 1.165) is 23.0 Å². The number of rotatable bonds is 4. The first-order valence-electron chi connectivity index (χ1n) is 6.00. The van der Waals surface area contributed by atoms with Crippen molar-refractivity contribution in [3.8, 4) is 0 Å². The lowest BCUT2D eigenvalue weighted by atomic mass is 9.92. The minimum absolute atomic E-state index is 0.0324. The summed E-state index contributed by atoms with van der Waals surface area (Å²) < 4.78 is 2.01. The zero-order valence-corrected chi connectivity index (χ0v) is 10.4. The highest BCUT2D eigenvalue weighted by Gasteiger charge is 2.15. The predicted molar refractivity (Wildman–Crippen MR) is 70.5 cm³/mol. The zero-order chi connectivity index (χ0) is 12.4. The van der Waals surface area contributed by atoms with Crippen molar-refractivity contribution >= 4 is 11.0 Å². The van der Waals surface area contributed by atoms with Gasteiger partial charge in [0.25, 0.3) is 0 Å². The molecule has 0 aliphatic heterocycles. The summed E-state index contributed by atoms with van der Waals surface area (Å²) in [5, 5.41) is 0. The largest absolute Gasteiger partial charge is 0.334 e. The molecule has 4 heteroatoms. The molecular weight excluding hydrogens is 212 g/mol. The number of nitrogens with two attached hydrogens (primary N) is 2. The molecule has 2 atom stereocenters. The molecule has 0 amide bonds. The number of hydrogen-bond acceptors (Lipinski definition) is 3. The fraction of sp³-hybridized carbons (Fsp3) is 0.462. The van der Waals surface area contributed by atoms with E-state index in [1.807, 2.05) is 17.9 Å². The van der Waals surface area contributed by atoms with Gasteiger partial charge >= 0.3 is 0 Å². The number of aromatic nitrogens is 2. The molecule has 2 unspecified atom stereocenters. The van der Waals surface area contributed by atoms with E-state index < -0.39 is 0 Å². The van der Waals surface area contributed by atoms with Gasteiger partial charge in [-0.05, 0) is 36.6 Å². The fourth-order valence-corrected chi connectivity index (χ4v) is 2.13. The first-order chi connectivity index (χ1) is 8.13. The minimum Gasteiger partial charge on any atom is -0.334 e. The van der Waals surface area contributed by atoms with Crippen LogP contribution in [0.15, 0.2) is 24.5 Å². The van der Waals surface area contributed by atoms with Gasteiger partial charge in [0, 0.05) is 13.1 Å². The van der Waals surface area contributed by atoms with E-state index in [-0.39, 0.29) is 6.04 Å². The van der Waals surface area contributed by atoms with Gasteiger partial charge in [-0.3, -0.25) is 0 Å². The van der Waals surface area contributed by atoms with Crippen LogP contribution in [0.1, 0.15) is 24.9 Å². The Balaban J connectivity index is 2.29. The maximum Gasteiger partial charge on any atom is 0.0955 e. The summed E-state index contributed by atoms with van der Waals surface area (Å²) in [6.07, 6.45) is 2.77. The molecule has 0 aliphatic rings. The SMILES string of the molecule is CC(CCN)C(N)c1ccc2c(c1)ncn2C. The first-order valence-corrected chi connectivity index (χ1v) is 6.00. The summed E-state index contributed by atoms with van der Waals surface area (Å²) in [6.45, 7) is 2.82. The number of aryl methyl sites for hydroxylation is 1. The normalized spacial score (nSPS) is 15.1. The van der Waals surface area contributed by atoms with Crippen LogP contribution in [0, 0.1) is 5.92 Å². The molecule has 0 fully saturated rings. The molecule has 0 saturated heterocycles. The molecule has 0 radical (unpaired) electrons. The molecule has 1 aromatic heterocycles. The summed E-state index contributed by atoms with van der Waals surface area (Å²) >= 11 is 0. The van der Waals surface area contributed by atoms with E-state index in [9.17, 15) is 0 Å². The number of hydrogen-bond donors (Lipinski definition) is 2. The summed E-state index contributed by atoms with van der Waals surface area (Å²) in [5.74, 6) is 0.390. The second-order valence-corrected chi connectivity index (χ2v) is 4.68. The van der Waals surface area contributed by atoms with Gasteiger partial charge in [-0.1, -0.05) is 13.0 Å². The van der Waals surface area contributed by atoms with E-state index in [2.05, 4.69) is 30.1 Å². The Morgan fingerprint density at radius 3 is 2.88 bits per heavy atom. The van der Waals surface area contributed by atoms with Crippen molar-refractivity contribution in [1.82, 2.24) is 9.55 Å². The van der Waals surface area contributed by atoms with Gasteiger partial charge in [0.05, 0.1) is 17.4 Å². The third kappa shape index (κ3) is 2.33. The fourth-order valence-electron chi connectivity index (χ4n) is 2.13. The number of imidazole rings is 1. The molecule has 0 aliphatic carbocycles. The van der Waals surface area contributed by atoms with Crippen LogP contribution in [-0.2, 0) is 7.05 Å². The Labute approximate surface area is 102 Å². The van der Waals surface area contributed by atoms with Gasteiger partial charge in [-0.15, -0.1) is 0 Å². The lowest BCUT2D eigenvalue weighted by molar-refractivity contribution is 0.444. The van der Waals surface area contributed by atoms with Crippen LogP contribution >= 0.6 is 0 Å². The molecule has 1 aromatic carbocycles. The Morgan fingerprint density at radius 2 is 2.18 bits per heavy atom. The highest BCUT2D eigenvalue weighted by molar-refractivity contribution is 5.76. The van der Waals surface area contributed by atoms with Crippen LogP contribution < -0.4 is 11.5 Å². The quantitative estimate of drug-likeness (QED) is 0.840. The summed E-state index contributed by atoms with van der Waals surface area (Å²) in [7, 11) is 1.99. The van der Waals surface area contributed by atoms with Gasteiger partial charge in [0.15, 0.2) is 0 Å². The lowest BCUT2D eigenvalue weighted by Gasteiger charge is -2.19. The number of benzene rings is 1. The molecule has 1 heterocycles. The Morgan fingerprint density at radius 1 is 1.41 bits per heavy atom. The molecule has 0 bridgehead atoms. The van der Waals surface area contributed by atoms with Crippen LogP contribution in [0.2, 0.25) is 0 Å². The molecule has 17 heavy (non-hydrogen) atoms. The van der Waals surface area contributed by atoms with Gasteiger partial charge in [-0.2, -0.15) is 0 Å². The highest BCUT2D eigenvalue weighted by atomic mass is 15.0. The van der Waals surface area contributed by atoms with E-state index in [4.69, 9.17) is 11.5 Å². The van der Waals surface area contributed by atoms with Crippen molar-refractivity contribution in [3.05, 3.63) is 30.1 Å². The molecule has 0 saturated carbocycles. The molecule has 4 N–H and O–H groups in total. The Bertz CT molecular complexity index is 503. The average molecular weight is 232 g/mol. The van der Waals surface area contributed by atoms with E-state index >= 15 is 0 Å². The van der Waals surface area contributed by atoms with Crippen molar-refractivity contribution in [3.63, 3.8) is 0 Å². The lowest BCUT2D eigenvalue weighted by Crippen LogP contribution is -2.21. The van der Waals surface area contributed by atoms with E-state index in [1.165, 1.54) is 0 Å². The van der Waals surface area contributed by atoms with Crippen LogP contribution in [-0.4, -0.2) is 16.1 Å². The monoisotopic (exact) mass is 232 g/mol. The standard InChI is InChI=1S/C13H20N4/c1-9(5-6-14)13(15)10-3-4-12-11(7-10)16-8-17(12)2/h3-4,7-9,13H,5-6,14-15H2,1-2H3. The third-order valence-corrected chi connectivity index (χ3v) is 3.37. The second-order valence-electron chi connectivity index (χ2n) is 4.68. The van der Waals surface area contributed by atoms with Crippen molar-refractivity contribution in [2.75, 3.05) is 6.54 Å². The van der Waals surface area contributed by atoms with Gasteiger partial charge in [0.2, 0.25) is 0 Å². The van der Waals surface area contributed by atoms with Crippen LogP contribution in [0.4, 0.5) is 0 Å². The zero-order valence-electron chi connectivity index (χ0n) is 10.4. The Kier molecular flexibility index (Phi) is 3.45. The van der Waals surface area contributed by atoms with Crippen molar-refractivity contribution < 1.29 is 0 Å². The average Bonchev–Trinajstić information content (AvgIpc) is 2.70. The van der Waals surface area contributed by atoms with E-state index in [0.29, 0.717) is 12.5 Å². The van der Waals surface area contributed by atoms with Gasteiger partial charge < -0.3 is 16.0 Å². The molecular formula is C13H20N4. The molecule has 2 rings (SSSR count). The summed E-state index contributed by atoms with van der Waals surface area (Å²) in [4.78, 5) is 4.35. The van der Waals surface area contributed by atoms with Crippen LogP contribution in [0.25, 0.3) is 11.0 Å². The van der Waals surface area contributed by atoms with Crippen molar-refractivity contribution in [1.29, 1.82) is 0 Å². The predicted octanol–water partition coefficient (Wildman–Crippen LogP) is 1.56. The molecule has 4 nitrogen and oxygen atoms in total.